The molecule has 1 N–H and O–H groups in total. The summed E-state index contributed by atoms with van der Waals surface area (Å²) in [6, 6.07) is 9.29. The molecular formula is C19H26N4S. The first kappa shape index (κ1) is 16.2. The molecule has 0 amide bonds. The molecule has 1 aromatic carbocycles. The van der Waals surface area contributed by atoms with E-state index in [0.29, 0.717) is 0 Å². The third-order valence-corrected chi connectivity index (χ3v) is 6.28. The van der Waals surface area contributed by atoms with Gasteiger partial charge in [-0.05, 0) is 25.5 Å². The summed E-state index contributed by atoms with van der Waals surface area (Å²) in [4.78, 5) is 11.3. The highest BCUT2D eigenvalue weighted by molar-refractivity contribution is 7.15. The zero-order chi connectivity index (χ0) is 16.4. The van der Waals surface area contributed by atoms with Crippen LogP contribution >= 0.6 is 11.3 Å². The fraction of sp³-hybridized carbons (Fsp3) is 0.526. The first-order valence-corrected chi connectivity index (χ1v) is 9.79. The Balaban J connectivity index is 1.34. The minimum atomic E-state index is 0.767. The highest BCUT2D eigenvalue weighted by atomic mass is 32.1. The molecule has 1 atom stereocenters. The Morgan fingerprint density at radius 3 is 2.79 bits per heavy atom. The van der Waals surface area contributed by atoms with Crippen LogP contribution in [0.1, 0.15) is 16.9 Å². The summed E-state index contributed by atoms with van der Waals surface area (Å²) < 4.78 is 0. The Hall–Kier alpha value is -1.27. The SMILES string of the molecule is Cc1ccccc1-c1ncc(CN2CCN(C3CCNC3)CC2)s1. The number of nitrogens with zero attached hydrogens (tertiary/aromatic N) is 3. The first-order chi connectivity index (χ1) is 11.8. The van der Waals surface area contributed by atoms with Crippen molar-refractivity contribution in [3.63, 3.8) is 0 Å². The molecule has 24 heavy (non-hydrogen) atoms. The molecule has 0 aliphatic carbocycles. The van der Waals surface area contributed by atoms with Crippen molar-refractivity contribution in [2.45, 2.75) is 25.9 Å². The maximum absolute atomic E-state index is 4.66. The Morgan fingerprint density at radius 2 is 2.04 bits per heavy atom. The molecular weight excluding hydrogens is 316 g/mol. The van der Waals surface area contributed by atoms with Crippen LogP contribution in [0.25, 0.3) is 10.6 Å². The van der Waals surface area contributed by atoms with Crippen LogP contribution in [0.5, 0.6) is 0 Å². The van der Waals surface area contributed by atoms with Crippen molar-refractivity contribution in [1.29, 1.82) is 0 Å². The van der Waals surface area contributed by atoms with E-state index >= 15 is 0 Å². The van der Waals surface area contributed by atoms with Crippen LogP contribution in [-0.2, 0) is 6.54 Å². The molecule has 3 heterocycles. The van der Waals surface area contributed by atoms with Crippen LogP contribution in [0.2, 0.25) is 0 Å². The van der Waals surface area contributed by atoms with E-state index in [0.717, 1.165) is 17.6 Å². The fourth-order valence-electron chi connectivity index (χ4n) is 3.78. The first-order valence-electron chi connectivity index (χ1n) is 8.97. The average Bonchev–Trinajstić information content (AvgIpc) is 3.28. The molecule has 128 valence electrons. The molecule has 0 spiro atoms. The van der Waals surface area contributed by atoms with Crippen LogP contribution in [0, 0.1) is 6.92 Å². The van der Waals surface area contributed by atoms with Gasteiger partial charge in [-0.25, -0.2) is 4.98 Å². The Kier molecular flexibility index (Phi) is 4.94. The van der Waals surface area contributed by atoms with E-state index in [4.69, 9.17) is 0 Å². The highest BCUT2D eigenvalue weighted by Gasteiger charge is 2.26. The van der Waals surface area contributed by atoms with Crippen molar-refractivity contribution in [3.8, 4) is 10.6 Å². The Bertz CT molecular complexity index is 670. The van der Waals surface area contributed by atoms with Crippen LogP contribution in [0.3, 0.4) is 0 Å². The maximum atomic E-state index is 4.66. The van der Waals surface area contributed by atoms with E-state index in [1.807, 2.05) is 11.3 Å². The minimum Gasteiger partial charge on any atom is -0.315 e. The predicted molar refractivity (Wildman–Crippen MR) is 100 cm³/mol. The van der Waals surface area contributed by atoms with E-state index in [2.05, 4.69) is 57.5 Å². The quantitative estimate of drug-likeness (QED) is 0.925. The van der Waals surface area contributed by atoms with E-state index in [9.17, 15) is 0 Å². The van der Waals surface area contributed by atoms with Gasteiger partial charge in [-0.15, -0.1) is 11.3 Å². The number of aromatic nitrogens is 1. The summed E-state index contributed by atoms with van der Waals surface area (Å²) in [7, 11) is 0. The molecule has 1 aromatic heterocycles. The molecule has 2 fully saturated rings. The van der Waals surface area contributed by atoms with Gasteiger partial charge in [0.15, 0.2) is 0 Å². The number of piperazine rings is 1. The summed E-state index contributed by atoms with van der Waals surface area (Å²) in [6.07, 6.45) is 3.38. The van der Waals surface area contributed by atoms with Crippen LogP contribution in [0.4, 0.5) is 0 Å². The van der Waals surface area contributed by atoms with Crippen molar-refractivity contribution in [1.82, 2.24) is 20.1 Å². The number of aryl methyl sites for hydroxylation is 1. The smallest absolute Gasteiger partial charge is 0.123 e. The lowest BCUT2D eigenvalue weighted by Gasteiger charge is -2.37. The summed E-state index contributed by atoms with van der Waals surface area (Å²) in [6.45, 7) is 10.3. The third kappa shape index (κ3) is 3.54. The number of rotatable bonds is 4. The summed E-state index contributed by atoms with van der Waals surface area (Å²) in [5, 5.41) is 4.63. The highest BCUT2D eigenvalue weighted by Crippen LogP contribution is 2.28. The van der Waals surface area contributed by atoms with Gasteiger partial charge < -0.3 is 5.32 Å². The third-order valence-electron chi connectivity index (χ3n) is 5.27. The standard InChI is InChI=1S/C19H26N4S/c1-15-4-2-3-5-18(15)19-21-13-17(24-19)14-22-8-10-23(11-9-22)16-6-7-20-12-16/h2-5,13,16,20H,6-12,14H2,1H3. The number of benzene rings is 1. The zero-order valence-corrected chi connectivity index (χ0v) is 15.2. The van der Waals surface area contributed by atoms with Gasteiger partial charge in [0.05, 0.1) is 0 Å². The molecule has 2 aliphatic rings. The normalized spacial score (nSPS) is 23.0. The predicted octanol–water partition coefficient (Wildman–Crippen LogP) is 2.60. The number of hydrogen-bond donors (Lipinski definition) is 1. The number of hydrogen-bond acceptors (Lipinski definition) is 5. The second kappa shape index (κ2) is 7.31. The lowest BCUT2D eigenvalue weighted by atomic mass is 10.1. The van der Waals surface area contributed by atoms with Crippen molar-refractivity contribution in [3.05, 3.63) is 40.9 Å². The molecule has 4 nitrogen and oxygen atoms in total. The molecule has 2 aromatic rings. The summed E-state index contributed by atoms with van der Waals surface area (Å²) in [5.74, 6) is 0. The van der Waals surface area contributed by atoms with Crippen LogP contribution in [0.15, 0.2) is 30.5 Å². The lowest BCUT2D eigenvalue weighted by molar-refractivity contribution is 0.0987. The van der Waals surface area contributed by atoms with Crippen LogP contribution < -0.4 is 5.32 Å². The number of thiazole rings is 1. The second-order valence-corrected chi connectivity index (χ2v) is 8.02. The van der Waals surface area contributed by atoms with Gasteiger partial charge in [-0.3, -0.25) is 9.80 Å². The monoisotopic (exact) mass is 342 g/mol. The molecule has 2 aliphatic heterocycles. The zero-order valence-electron chi connectivity index (χ0n) is 14.4. The molecule has 4 rings (SSSR count). The van der Waals surface area contributed by atoms with E-state index < -0.39 is 0 Å². The van der Waals surface area contributed by atoms with Gasteiger partial charge >= 0.3 is 0 Å². The number of nitrogens with one attached hydrogen (secondary N) is 1. The van der Waals surface area contributed by atoms with Crippen molar-refractivity contribution in [2.24, 2.45) is 0 Å². The molecule has 1 unspecified atom stereocenters. The van der Waals surface area contributed by atoms with Gasteiger partial charge in [0.2, 0.25) is 0 Å². The van der Waals surface area contributed by atoms with E-state index in [1.54, 1.807) is 0 Å². The van der Waals surface area contributed by atoms with Crippen molar-refractivity contribution in [2.75, 3.05) is 39.3 Å². The molecule has 0 radical (unpaired) electrons. The second-order valence-electron chi connectivity index (χ2n) is 6.91. The van der Waals surface area contributed by atoms with Gasteiger partial charge in [0.25, 0.3) is 0 Å². The van der Waals surface area contributed by atoms with Crippen LogP contribution in [-0.4, -0.2) is 60.1 Å². The fourth-order valence-corrected chi connectivity index (χ4v) is 4.82. The molecule has 0 bridgehead atoms. The van der Waals surface area contributed by atoms with Crippen molar-refractivity contribution < 1.29 is 0 Å². The minimum absolute atomic E-state index is 0.767. The topological polar surface area (TPSA) is 31.4 Å². The Morgan fingerprint density at radius 1 is 1.21 bits per heavy atom. The van der Waals surface area contributed by atoms with E-state index in [-0.39, 0.29) is 0 Å². The van der Waals surface area contributed by atoms with E-state index in [1.165, 1.54) is 61.7 Å². The van der Waals surface area contributed by atoms with Gasteiger partial charge in [-0.2, -0.15) is 0 Å². The molecule has 5 heteroatoms. The van der Waals surface area contributed by atoms with Gasteiger partial charge in [0, 0.05) is 61.9 Å². The lowest BCUT2D eigenvalue weighted by Crippen LogP contribution is -2.50. The molecule has 2 saturated heterocycles. The van der Waals surface area contributed by atoms with Crippen molar-refractivity contribution >= 4 is 11.3 Å². The maximum Gasteiger partial charge on any atom is 0.123 e. The van der Waals surface area contributed by atoms with Gasteiger partial charge in [-0.1, -0.05) is 24.3 Å². The Labute approximate surface area is 148 Å². The average molecular weight is 343 g/mol. The molecule has 0 saturated carbocycles. The largest absolute Gasteiger partial charge is 0.315 e. The van der Waals surface area contributed by atoms with Gasteiger partial charge in [0.1, 0.15) is 5.01 Å². The summed E-state index contributed by atoms with van der Waals surface area (Å²) in [5.41, 5.74) is 2.57. The summed E-state index contributed by atoms with van der Waals surface area (Å²) >= 11 is 1.84.